The molecule has 2 heterocycles. The summed E-state index contributed by atoms with van der Waals surface area (Å²) in [5, 5.41) is 29.3. The lowest BCUT2D eigenvalue weighted by molar-refractivity contribution is -0.144. The van der Waals surface area contributed by atoms with Crippen LogP contribution < -0.4 is 10.6 Å². The van der Waals surface area contributed by atoms with Crippen molar-refractivity contribution >= 4 is 36.2 Å². The van der Waals surface area contributed by atoms with Gasteiger partial charge >= 0.3 is 7.12 Å². The van der Waals surface area contributed by atoms with E-state index in [0.29, 0.717) is 17.7 Å². The van der Waals surface area contributed by atoms with Gasteiger partial charge in [0.05, 0.1) is 18.2 Å². The van der Waals surface area contributed by atoms with Crippen LogP contribution in [0.4, 0.5) is 0 Å². The van der Waals surface area contributed by atoms with E-state index in [1.54, 1.807) is 0 Å². The summed E-state index contributed by atoms with van der Waals surface area (Å²) in [4.78, 5) is 35.4. The highest BCUT2D eigenvalue weighted by molar-refractivity contribution is 6.43. The molecule has 180 valence electrons. The van der Waals surface area contributed by atoms with Crippen LogP contribution in [0.3, 0.4) is 0 Å². The third-order valence-electron chi connectivity index (χ3n) is 5.43. The van der Waals surface area contributed by atoms with Crippen LogP contribution in [0.5, 0.6) is 0 Å². The van der Waals surface area contributed by atoms with E-state index in [1.165, 1.54) is 18.3 Å². The number of aromatic nitrogens is 1. The second-order valence-electron chi connectivity index (χ2n) is 8.76. The molecule has 1 aliphatic heterocycles. The predicted molar refractivity (Wildman–Crippen MR) is 129 cm³/mol. The van der Waals surface area contributed by atoms with Crippen molar-refractivity contribution in [3.63, 3.8) is 0 Å². The summed E-state index contributed by atoms with van der Waals surface area (Å²) in [7, 11) is -1.71. The number of nitrogens with one attached hydrogen (secondary N) is 2. The molecule has 9 nitrogen and oxygen atoms in total. The molecule has 2 atom stereocenters. The van der Waals surface area contributed by atoms with E-state index in [2.05, 4.69) is 20.8 Å². The van der Waals surface area contributed by atoms with Gasteiger partial charge in [0, 0.05) is 24.6 Å². The highest BCUT2D eigenvalue weighted by atomic mass is 35.5. The van der Waals surface area contributed by atoms with Crippen LogP contribution in [-0.4, -0.2) is 57.8 Å². The Kier molecular flexibility index (Phi) is 8.65. The van der Waals surface area contributed by atoms with Gasteiger partial charge in [0.25, 0.3) is 11.8 Å². The van der Waals surface area contributed by atoms with E-state index in [-0.39, 0.29) is 36.4 Å². The Morgan fingerprint density at radius 3 is 2.62 bits per heavy atom. The molecule has 0 bridgehead atoms. The number of carbonyl (C=O) groups is 2. The summed E-state index contributed by atoms with van der Waals surface area (Å²) in [5.41, 5.74) is 0.297. The molecule has 4 N–H and O–H groups in total. The van der Waals surface area contributed by atoms with Gasteiger partial charge in [0.2, 0.25) is 5.60 Å². The van der Waals surface area contributed by atoms with Gasteiger partial charge in [-0.25, -0.2) is 4.98 Å². The summed E-state index contributed by atoms with van der Waals surface area (Å²) < 4.78 is 0. The van der Waals surface area contributed by atoms with Gasteiger partial charge < -0.3 is 25.5 Å². The van der Waals surface area contributed by atoms with E-state index in [9.17, 15) is 19.6 Å². The van der Waals surface area contributed by atoms with Crippen molar-refractivity contribution in [1.29, 1.82) is 0 Å². The van der Waals surface area contributed by atoms with Crippen molar-refractivity contribution in [2.75, 3.05) is 6.54 Å². The second-order valence-corrected chi connectivity index (χ2v) is 9.14. The number of pyridine rings is 1. The highest BCUT2D eigenvalue weighted by Gasteiger charge is 2.48. The number of rotatable bonds is 10. The first-order chi connectivity index (χ1) is 16.2. The van der Waals surface area contributed by atoms with Gasteiger partial charge in [-0.1, -0.05) is 60.9 Å². The zero-order valence-electron chi connectivity index (χ0n) is 19.1. The number of hydrogen-bond acceptors (Lipinski definition) is 7. The minimum absolute atomic E-state index is 0.0701. The van der Waals surface area contributed by atoms with Crippen molar-refractivity contribution in [2.24, 2.45) is 11.1 Å². The van der Waals surface area contributed by atoms with Crippen LogP contribution in [0, 0.1) is 5.92 Å². The molecule has 3 rings (SSSR count). The molecular weight excluding hydrogens is 459 g/mol. The number of hydrogen-bond donors (Lipinski definition) is 4. The van der Waals surface area contributed by atoms with Crippen molar-refractivity contribution in [3.05, 3.63) is 64.9 Å². The topological polar surface area (TPSA) is 133 Å². The third kappa shape index (κ3) is 6.79. The maximum absolute atomic E-state index is 13.4. The largest absolute Gasteiger partial charge is 0.475 e. The van der Waals surface area contributed by atoms with E-state index in [1.807, 2.05) is 44.2 Å². The Bertz CT molecular complexity index is 1040. The molecule has 2 aromatic rings. The second kappa shape index (κ2) is 11.5. The molecule has 0 fully saturated rings. The lowest BCUT2D eigenvalue weighted by Crippen LogP contribution is -2.56. The number of amides is 2. The average molecular weight is 487 g/mol. The maximum Gasteiger partial charge on any atom is 0.475 e. The Hall–Kier alpha value is -2.95. The molecule has 1 aromatic carbocycles. The summed E-state index contributed by atoms with van der Waals surface area (Å²) in [6.45, 7) is 3.92. The number of oxime groups is 1. The lowest BCUT2D eigenvalue weighted by Gasteiger charge is -2.29. The zero-order chi connectivity index (χ0) is 24.7. The van der Waals surface area contributed by atoms with Crippen molar-refractivity contribution in [2.45, 2.75) is 44.7 Å². The average Bonchev–Trinajstić information content (AvgIpc) is 3.21. The summed E-state index contributed by atoms with van der Waals surface area (Å²) >= 11 is 5.85. The Morgan fingerprint density at radius 1 is 1.24 bits per heavy atom. The van der Waals surface area contributed by atoms with Crippen LogP contribution >= 0.6 is 11.6 Å². The molecule has 11 heteroatoms. The SMILES string of the molecule is CC(C)C[C@H](NC(=O)C1(Cc2ccccc2)CC(CNC(=O)c2ccnc(Cl)c2)=NO1)B(O)O. The third-order valence-corrected chi connectivity index (χ3v) is 5.64. The Labute approximate surface area is 203 Å². The normalized spacial score (nSPS) is 18.1. The minimum Gasteiger partial charge on any atom is -0.426 e. The first kappa shape index (κ1) is 25.7. The summed E-state index contributed by atoms with van der Waals surface area (Å²) in [6, 6.07) is 12.3. The van der Waals surface area contributed by atoms with E-state index >= 15 is 0 Å². The Balaban J connectivity index is 1.72. The van der Waals surface area contributed by atoms with Crippen LogP contribution in [0.1, 0.15) is 42.6 Å². The monoisotopic (exact) mass is 486 g/mol. The molecule has 1 aromatic heterocycles. The molecule has 0 radical (unpaired) electrons. The molecule has 0 saturated heterocycles. The molecule has 0 saturated carbocycles. The van der Waals surface area contributed by atoms with E-state index in [0.717, 1.165) is 5.56 Å². The van der Waals surface area contributed by atoms with Gasteiger partial charge in [-0.15, -0.1) is 0 Å². The zero-order valence-corrected chi connectivity index (χ0v) is 19.8. The maximum atomic E-state index is 13.4. The number of halogens is 1. The van der Waals surface area contributed by atoms with Crippen LogP contribution in [-0.2, 0) is 16.1 Å². The van der Waals surface area contributed by atoms with Gasteiger partial charge in [-0.2, -0.15) is 0 Å². The van der Waals surface area contributed by atoms with Crippen LogP contribution in [0.2, 0.25) is 5.15 Å². The van der Waals surface area contributed by atoms with E-state index in [4.69, 9.17) is 16.4 Å². The van der Waals surface area contributed by atoms with Gasteiger partial charge in [0.1, 0.15) is 5.15 Å². The predicted octanol–water partition coefficient (Wildman–Crippen LogP) is 1.77. The lowest BCUT2D eigenvalue weighted by atomic mass is 9.74. The molecule has 34 heavy (non-hydrogen) atoms. The number of carbonyl (C=O) groups excluding carboxylic acids is 2. The molecule has 1 aliphatic rings. The molecule has 0 aliphatic carbocycles. The van der Waals surface area contributed by atoms with Crippen molar-refractivity contribution in [1.82, 2.24) is 15.6 Å². The molecular formula is C23H28BClN4O5. The van der Waals surface area contributed by atoms with Crippen LogP contribution in [0.25, 0.3) is 0 Å². The van der Waals surface area contributed by atoms with Crippen LogP contribution in [0.15, 0.2) is 53.8 Å². The standard InChI is InChI=1S/C23H28BClN4O5/c1-15(2)10-19(24(32)33)28-22(31)23(12-16-6-4-3-5-7-16)13-18(29-34-23)14-27-21(30)17-8-9-26-20(25)11-17/h3-9,11,15,19,32-33H,10,12-14H2,1-2H3,(H,27,30)(H,28,31)/t19-,23?/m0/s1. The van der Waals surface area contributed by atoms with Crippen molar-refractivity contribution in [3.8, 4) is 0 Å². The Morgan fingerprint density at radius 2 is 1.97 bits per heavy atom. The van der Waals surface area contributed by atoms with Crippen molar-refractivity contribution < 1.29 is 24.5 Å². The number of nitrogens with zero attached hydrogens (tertiary/aromatic N) is 2. The number of benzene rings is 1. The van der Waals surface area contributed by atoms with Gasteiger partial charge in [0.15, 0.2) is 0 Å². The quantitative estimate of drug-likeness (QED) is 0.299. The first-order valence-electron chi connectivity index (χ1n) is 11.0. The van der Waals surface area contributed by atoms with Gasteiger partial charge in [-0.3, -0.25) is 9.59 Å². The summed E-state index contributed by atoms with van der Waals surface area (Å²) in [5.74, 6) is -1.59. The minimum atomic E-state index is -1.71. The fourth-order valence-electron chi connectivity index (χ4n) is 3.75. The highest BCUT2D eigenvalue weighted by Crippen LogP contribution is 2.29. The molecule has 2 amide bonds. The smallest absolute Gasteiger partial charge is 0.426 e. The molecule has 1 unspecified atom stereocenters. The van der Waals surface area contributed by atoms with E-state index < -0.39 is 24.6 Å². The first-order valence-corrected chi connectivity index (χ1v) is 11.4. The van der Waals surface area contributed by atoms with Gasteiger partial charge in [-0.05, 0) is 30.0 Å². The fourth-order valence-corrected chi connectivity index (χ4v) is 3.93. The fraction of sp³-hybridized carbons (Fsp3) is 0.391. The molecule has 0 spiro atoms. The summed E-state index contributed by atoms with van der Waals surface area (Å²) in [6.07, 6.45) is 2.16.